The number of rotatable bonds is 5. The summed E-state index contributed by atoms with van der Waals surface area (Å²) in [5.74, 6) is -1.28. The molecule has 2 aromatic heterocycles. The molecule has 0 fully saturated rings. The Morgan fingerprint density at radius 2 is 2.04 bits per heavy atom. The van der Waals surface area contributed by atoms with Gasteiger partial charge >= 0.3 is 5.97 Å². The predicted octanol–water partition coefficient (Wildman–Crippen LogP) is 2.59. The van der Waals surface area contributed by atoms with Gasteiger partial charge in [-0.05, 0) is 30.2 Å². The van der Waals surface area contributed by atoms with E-state index in [2.05, 4.69) is 10.3 Å². The summed E-state index contributed by atoms with van der Waals surface area (Å²) in [5.41, 5.74) is 2.93. The zero-order valence-corrected chi connectivity index (χ0v) is 13.1. The van der Waals surface area contributed by atoms with Crippen LogP contribution in [-0.4, -0.2) is 26.4 Å². The van der Waals surface area contributed by atoms with E-state index in [1.165, 1.54) is 0 Å². The third-order valence-electron chi connectivity index (χ3n) is 3.90. The van der Waals surface area contributed by atoms with Crippen molar-refractivity contribution in [1.29, 1.82) is 0 Å². The average Bonchev–Trinajstić information content (AvgIpc) is 3.01. The van der Waals surface area contributed by atoms with Crippen molar-refractivity contribution in [3.8, 4) is 0 Å². The van der Waals surface area contributed by atoms with E-state index in [0.717, 1.165) is 16.8 Å². The first-order valence-electron chi connectivity index (χ1n) is 7.55. The first-order chi connectivity index (χ1) is 11.5. The molecule has 1 atom stereocenters. The van der Waals surface area contributed by atoms with Gasteiger partial charge in [-0.3, -0.25) is 9.59 Å². The van der Waals surface area contributed by atoms with Gasteiger partial charge in [-0.25, -0.2) is 4.98 Å². The summed E-state index contributed by atoms with van der Waals surface area (Å²) in [6.45, 7) is 1.90. The van der Waals surface area contributed by atoms with Crippen molar-refractivity contribution in [2.45, 2.75) is 19.4 Å². The fourth-order valence-electron chi connectivity index (χ4n) is 2.69. The minimum Gasteiger partial charge on any atom is -0.481 e. The molecule has 24 heavy (non-hydrogen) atoms. The van der Waals surface area contributed by atoms with Crippen LogP contribution in [0.2, 0.25) is 0 Å². The molecule has 3 rings (SSSR count). The summed E-state index contributed by atoms with van der Waals surface area (Å²) in [6, 6.07) is 10.3. The summed E-state index contributed by atoms with van der Waals surface area (Å²) in [6.07, 6.45) is 4.90. The zero-order chi connectivity index (χ0) is 17.1. The molecule has 2 N–H and O–H groups in total. The molecule has 0 bridgehead atoms. The topological polar surface area (TPSA) is 83.7 Å². The minimum absolute atomic E-state index is 0.177. The summed E-state index contributed by atoms with van der Waals surface area (Å²) >= 11 is 0. The van der Waals surface area contributed by atoms with E-state index in [9.17, 15) is 9.59 Å². The number of hydrogen-bond donors (Lipinski definition) is 2. The number of benzene rings is 1. The lowest BCUT2D eigenvalue weighted by molar-refractivity contribution is -0.137. The van der Waals surface area contributed by atoms with Crippen molar-refractivity contribution < 1.29 is 14.7 Å². The minimum atomic E-state index is -0.964. The second kappa shape index (κ2) is 6.54. The number of imidazole rings is 1. The Balaban J connectivity index is 1.87. The number of aliphatic carboxylic acids is 1. The number of nitrogens with zero attached hydrogens (tertiary/aromatic N) is 2. The lowest BCUT2D eigenvalue weighted by atomic mass is 9.98. The normalized spacial score (nSPS) is 12.0. The van der Waals surface area contributed by atoms with E-state index in [-0.39, 0.29) is 12.3 Å². The van der Waals surface area contributed by atoms with Gasteiger partial charge in [0.05, 0.1) is 18.0 Å². The maximum Gasteiger partial charge on any atom is 0.305 e. The van der Waals surface area contributed by atoms with Crippen LogP contribution >= 0.6 is 0 Å². The molecule has 2 heterocycles. The Labute approximate surface area is 138 Å². The van der Waals surface area contributed by atoms with Crippen molar-refractivity contribution in [2.75, 3.05) is 0 Å². The largest absolute Gasteiger partial charge is 0.481 e. The number of carbonyl (C=O) groups excluding carboxylic acids is 1. The molecule has 0 aliphatic rings. The Kier molecular flexibility index (Phi) is 4.29. The van der Waals surface area contributed by atoms with Crippen LogP contribution in [-0.2, 0) is 4.79 Å². The first kappa shape index (κ1) is 15.7. The molecule has 0 aliphatic heterocycles. The fourth-order valence-corrected chi connectivity index (χ4v) is 2.69. The number of amides is 1. The SMILES string of the molecule is Cc1ccccc1C(CC(=O)O)NC(=O)c1ccc2nccn2c1. The van der Waals surface area contributed by atoms with Gasteiger partial charge in [-0.1, -0.05) is 24.3 Å². The van der Waals surface area contributed by atoms with E-state index >= 15 is 0 Å². The average molecular weight is 323 g/mol. The molecule has 6 heteroatoms. The number of fused-ring (bicyclic) bond motifs is 1. The molecule has 1 unspecified atom stereocenters. The summed E-state index contributed by atoms with van der Waals surface area (Å²) in [7, 11) is 0. The van der Waals surface area contributed by atoms with Crippen molar-refractivity contribution in [2.24, 2.45) is 0 Å². The third kappa shape index (κ3) is 3.27. The van der Waals surface area contributed by atoms with Gasteiger partial charge < -0.3 is 14.8 Å². The lowest BCUT2D eigenvalue weighted by Crippen LogP contribution is -2.30. The maximum absolute atomic E-state index is 12.5. The van der Waals surface area contributed by atoms with Crippen LogP contribution in [0.15, 0.2) is 55.0 Å². The fraction of sp³-hybridized carbons (Fsp3) is 0.167. The highest BCUT2D eigenvalue weighted by atomic mass is 16.4. The predicted molar refractivity (Wildman–Crippen MR) is 88.8 cm³/mol. The van der Waals surface area contributed by atoms with Crippen LogP contribution < -0.4 is 5.32 Å². The molecule has 0 aliphatic carbocycles. The Morgan fingerprint density at radius 1 is 1.25 bits per heavy atom. The molecule has 1 amide bonds. The van der Waals surface area contributed by atoms with Crippen LogP contribution in [0.25, 0.3) is 5.65 Å². The third-order valence-corrected chi connectivity index (χ3v) is 3.90. The molecule has 0 radical (unpaired) electrons. The Hall–Kier alpha value is -3.15. The molecule has 3 aromatic rings. The molecule has 0 spiro atoms. The van der Waals surface area contributed by atoms with Crippen molar-refractivity contribution >= 4 is 17.5 Å². The highest BCUT2D eigenvalue weighted by Gasteiger charge is 2.20. The highest BCUT2D eigenvalue weighted by Crippen LogP contribution is 2.21. The number of carboxylic acid groups (broad SMARTS) is 1. The van der Waals surface area contributed by atoms with E-state index in [1.54, 1.807) is 35.1 Å². The van der Waals surface area contributed by atoms with Crippen LogP contribution in [0, 0.1) is 6.92 Å². The van der Waals surface area contributed by atoms with Crippen molar-refractivity contribution in [1.82, 2.24) is 14.7 Å². The van der Waals surface area contributed by atoms with Gasteiger partial charge in [0.25, 0.3) is 5.91 Å². The van der Waals surface area contributed by atoms with Crippen molar-refractivity contribution in [3.63, 3.8) is 0 Å². The van der Waals surface area contributed by atoms with E-state index in [0.29, 0.717) is 5.56 Å². The van der Waals surface area contributed by atoms with E-state index in [1.807, 2.05) is 31.2 Å². The monoisotopic (exact) mass is 323 g/mol. The number of carbonyl (C=O) groups is 2. The summed E-state index contributed by atoms with van der Waals surface area (Å²) < 4.78 is 1.74. The molecule has 122 valence electrons. The first-order valence-corrected chi connectivity index (χ1v) is 7.55. The number of aryl methyl sites for hydroxylation is 1. The van der Waals surface area contributed by atoms with Gasteiger partial charge in [0.1, 0.15) is 5.65 Å². The van der Waals surface area contributed by atoms with Gasteiger partial charge in [0, 0.05) is 18.6 Å². The van der Waals surface area contributed by atoms with Crippen LogP contribution in [0.5, 0.6) is 0 Å². The second-order valence-corrected chi connectivity index (χ2v) is 5.59. The number of nitrogens with one attached hydrogen (secondary N) is 1. The number of carboxylic acids is 1. The molecule has 1 aromatic carbocycles. The quantitative estimate of drug-likeness (QED) is 0.756. The molecule has 6 nitrogen and oxygen atoms in total. The Morgan fingerprint density at radius 3 is 2.79 bits per heavy atom. The standard InChI is InChI=1S/C18H17N3O3/c1-12-4-2-3-5-14(12)15(10-17(22)23)20-18(24)13-6-7-16-19-8-9-21(16)11-13/h2-9,11,15H,10H2,1H3,(H,20,24)(H,22,23). The van der Waals surface area contributed by atoms with E-state index in [4.69, 9.17) is 5.11 Å². The van der Waals surface area contributed by atoms with Crippen LogP contribution in [0.1, 0.15) is 33.9 Å². The van der Waals surface area contributed by atoms with Gasteiger partial charge in [0.15, 0.2) is 0 Å². The van der Waals surface area contributed by atoms with Gasteiger partial charge in [-0.2, -0.15) is 0 Å². The van der Waals surface area contributed by atoms with Crippen LogP contribution in [0.4, 0.5) is 0 Å². The maximum atomic E-state index is 12.5. The van der Waals surface area contributed by atoms with E-state index < -0.39 is 12.0 Å². The van der Waals surface area contributed by atoms with Gasteiger partial charge in [0.2, 0.25) is 0 Å². The second-order valence-electron chi connectivity index (χ2n) is 5.59. The zero-order valence-electron chi connectivity index (χ0n) is 13.1. The van der Waals surface area contributed by atoms with Gasteiger partial charge in [-0.15, -0.1) is 0 Å². The summed E-state index contributed by atoms with van der Waals surface area (Å²) in [4.78, 5) is 27.9. The number of aromatic nitrogens is 2. The lowest BCUT2D eigenvalue weighted by Gasteiger charge is -2.19. The molecule has 0 saturated heterocycles. The van der Waals surface area contributed by atoms with Crippen molar-refractivity contribution in [3.05, 3.63) is 71.7 Å². The molecular formula is C18H17N3O3. The Bertz CT molecular complexity index is 901. The highest BCUT2D eigenvalue weighted by molar-refractivity contribution is 5.94. The molecule has 0 saturated carbocycles. The van der Waals surface area contributed by atoms with Crippen LogP contribution in [0.3, 0.4) is 0 Å². The number of hydrogen-bond acceptors (Lipinski definition) is 3. The molecular weight excluding hydrogens is 306 g/mol. The number of pyridine rings is 1. The summed E-state index contributed by atoms with van der Waals surface area (Å²) in [5, 5.41) is 12.0. The smallest absolute Gasteiger partial charge is 0.305 e.